The second kappa shape index (κ2) is 4.83. The highest BCUT2D eigenvalue weighted by Crippen LogP contribution is 2.23. The molecule has 1 N–H and O–H groups in total. The third-order valence-electron chi connectivity index (χ3n) is 1.89. The van der Waals surface area contributed by atoms with Crippen LogP contribution in [0, 0.1) is 0 Å². The van der Waals surface area contributed by atoms with Gasteiger partial charge in [-0.15, -0.1) is 22.7 Å². The molecule has 80 valence electrons. The second-order valence-electron chi connectivity index (χ2n) is 3.55. The number of hydrogen-bond acceptors (Lipinski definition) is 5. The summed E-state index contributed by atoms with van der Waals surface area (Å²) in [6, 6.07) is 0.495. The smallest absolute Gasteiger partial charge is 0.143 e. The lowest BCUT2D eigenvalue weighted by molar-refractivity contribution is 0.583. The highest BCUT2D eigenvalue weighted by Gasteiger charge is 2.06. The largest absolute Gasteiger partial charge is 0.309 e. The van der Waals surface area contributed by atoms with Gasteiger partial charge in [-0.2, -0.15) is 0 Å². The molecular formula is C10H13N3S2. The Hall–Kier alpha value is -0.780. The van der Waals surface area contributed by atoms with Crippen molar-refractivity contribution in [3.63, 3.8) is 0 Å². The summed E-state index contributed by atoms with van der Waals surface area (Å²) >= 11 is 3.25. The molecule has 2 heterocycles. The molecule has 0 saturated heterocycles. The van der Waals surface area contributed by atoms with Crippen molar-refractivity contribution in [2.24, 2.45) is 0 Å². The average Bonchev–Trinajstić information content (AvgIpc) is 2.85. The minimum atomic E-state index is 0.495. The highest BCUT2D eigenvalue weighted by molar-refractivity contribution is 7.13. The minimum absolute atomic E-state index is 0.495. The van der Waals surface area contributed by atoms with Gasteiger partial charge in [0.1, 0.15) is 10.7 Å². The maximum Gasteiger partial charge on any atom is 0.143 e. The van der Waals surface area contributed by atoms with Gasteiger partial charge in [0.25, 0.3) is 0 Å². The van der Waals surface area contributed by atoms with Crippen LogP contribution >= 0.6 is 22.7 Å². The fourth-order valence-corrected chi connectivity index (χ4v) is 2.53. The van der Waals surface area contributed by atoms with E-state index in [0.717, 1.165) is 22.9 Å². The third kappa shape index (κ3) is 2.84. The minimum Gasteiger partial charge on any atom is -0.309 e. The van der Waals surface area contributed by atoms with Crippen LogP contribution in [0.3, 0.4) is 0 Å². The SMILES string of the molecule is CC(C)NCc1csc(-c2cscn2)n1. The maximum absolute atomic E-state index is 4.52. The molecule has 0 aliphatic heterocycles. The molecule has 0 amide bonds. The van der Waals surface area contributed by atoms with Gasteiger partial charge in [0.05, 0.1) is 11.2 Å². The first kappa shape index (κ1) is 10.7. The Kier molecular flexibility index (Phi) is 3.45. The summed E-state index contributed by atoms with van der Waals surface area (Å²) in [4.78, 5) is 8.77. The van der Waals surface area contributed by atoms with E-state index < -0.39 is 0 Å². The highest BCUT2D eigenvalue weighted by atomic mass is 32.1. The zero-order valence-electron chi connectivity index (χ0n) is 8.73. The van der Waals surface area contributed by atoms with Crippen molar-refractivity contribution in [3.05, 3.63) is 22.0 Å². The normalized spacial score (nSPS) is 11.1. The predicted octanol–water partition coefficient (Wildman–Crippen LogP) is 2.76. The number of nitrogens with one attached hydrogen (secondary N) is 1. The second-order valence-corrected chi connectivity index (χ2v) is 5.13. The number of thiazole rings is 2. The van der Waals surface area contributed by atoms with Gasteiger partial charge in [0, 0.05) is 23.3 Å². The van der Waals surface area contributed by atoms with Gasteiger partial charge in [0.15, 0.2) is 0 Å². The van der Waals surface area contributed by atoms with Gasteiger partial charge in [-0.3, -0.25) is 0 Å². The first-order chi connectivity index (χ1) is 7.25. The Labute approximate surface area is 97.2 Å². The molecule has 15 heavy (non-hydrogen) atoms. The van der Waals surface area contributed by atoms with E-state index in [1.165, 1.54) is 0 Å². The molecule has 0 aliphatic carbocycles. The van der Waals surface area contributed by atoms with Crippen molar-refractivity contribution in [2.45, 2.75) is 26.4 Å². The zero-order valence-corrected chi connectivity index (χ0v) is 10.4. The molecule has 0 unspecified atom stereocenters. The number of aromatic nitrogens is 2. The van der Waals surface area contributed by atoms with Crippen LogP contribution in [0.5, 0.6) is 0 Å². The quantitative estimate of drug-likeness (QED) is 0.891. The van der Waals surface area contributed by atoms with E-state index in [2.05, 4.69) is 34.5 Å². The summed E-state index contributed by atoms with van der Waals surface area (Å²) in [7, 11) is 0. The van der Waals surface area contributed by atoms with Gasteiger partial charge >= 0.3 is 0 Å². The van der Waals surface area contributed by atoms with Gasteiger partial charge < -0.3 is 5.32 Å². The van der Waals surface area contributed by atoms with Gasteiger partial charge in [-0.1, -0.05) is 13.8 Å². The third-order valence-corrected chi connectivity index (χ3v) is 3.39. The van der Waals surface area contributed by atoms with Gasteiger partial charge in [-0.25, -0.2) is 9.97 Å². The summed E-state index contributed by atoms with van der Waals surface area (Å²) in [6.07, 6.45) is 0. The van der Waals surface area contributed by atoms with E-state index in [4.69, 9.17) is 0 Å². The lowest BCUT2D eigenvalue weighted by atomic mass is 10.3. The Morgan fingerprint density at radius 3 is 2.93 bits per heavy atom. The van der Waals surface area contributed by atoms with Crippen LogP contribution in [0.2, 0.25) is 0 Å². The lowest BCUT2D eigenvalue weighted by Gasteiger charge is -2.04. The van der Waals surface area contributed by atoms with E-state index in [1.807, 2.05) is 10.9 Å². The van der Waals surface area contributed by atoms with Crippen molar-refractivity contribution in [3.8, 4) is 10.7 Å². The van der Waals surface area contributed by atoms with Crippen molar-refractivity contribution >= 4 is 22.7 Å². The topological polar surface area (TPSA) is 37.8 Å². The number of hydrogen-bond donors (Lipinski definition) is 1. The molecular weight excluding hydrogens is 226 g/mol. The van der Waals surface area contributed by atoms with E-state index in [1.54, 1.807) is 22.7 Å². The molecule has 3 nitrogen and oxygen atoms in total. The van der Waals surface area contributed by atoms with Crippen LogP contribution in [-0.2, 0) is 6.54 Å². The molecule has 0 saturated carbocycles. The summed E-state index contributed by atoms with van der Waals surface area (Å²) in [5.74, 6) is 0. The Morgan fingerprint density at radius 2 is 2.27 bits per heavy atom. The van der Waals surface area contributed by atoms with E-state index in [0.29, 0.717) is 6.04 Å². The van der Waals surface area contributed by atoms with Crippen LogP contribution in [0.15, 0.2) is 16.3 Å². The molecule has 2 rings (SSSR count). The number of rotatable bonds is 4. The fourth-order valence-electron chi connectivity index (χ4n) is 1.13. The molecule has 0 aliphatic rings. The van der Waals surface area contributed by atoms with Crippen LogP contribution in [0.1, 0.15) is 19.5 Å². The average molecular weight is 239 g/mol. The summed E-state index contributed by atoms with van der Waals surface area (Å²) < 4.78 is 0. The molecule has 0 bridgehead atoms. The van der Waals surface area contributed by atoms with Crippen molar-refractivity contribution in [2.75, 3.05) is 0 Å². The molecule has 5 heteroatoms. The van der Waals surface area contributed by atoms with Crippen molar-refractivity contribution in [1.82, 2.24) is 15.3 Å². The first-order valence-electron chi connectivity index (χ1n) is 4.82. The van der Waals surface area contributed by atoms with Crippen LogP contribution < -0.4 is 5.32 Å². The fraction of sp³-hybridized carbons (Fsp3) is 0.400. The molecule has 2 aromatic heterocycles. The Bertz CT molecular complexity index is 406. The lowest BCUT2D eigenvalue weighted by Crippen LogP contribution is -2.21. The van der Waals surface area contributed by atoms with Crippen molar-refractivity contribution in [1.29, 1.82) is 0 Å². The summed E-state index contributed by atoms with van der Waals surface area (Å²) in [5, 5.41) is 8.47. The van der Waals surface area contributed by atoms with E-state index in [9.17, 15) is 0 Å². The number of nitrogens with zero attached hydrogens (tertiary/aromatic N) is 2. The zero-order chi connectivity index (χ0) is 10.7. The monoisotopic (exact) mass is 239 g/mol. The van der Waals surface area contributed by atoms with Gasteiger partial charge in [0.2, 0.25) is 0 Å². The van der Waals surface area contributed by atoms with Gasteiger partial charge in [-0.05, 0) is 0 Å². The van der Waals surface area contributed by atoms with Crippen LogP contribution in [0.25, 0.3) is 10.7 Å². The standard InChI is InChI=1S/C10H13N3S2/c1-7(2)11-3-8-4-15-10(13-8)9-5-14-6-12-9/h4-7,11H,3H2,1-2H3. The Balaban J connectivity index is 2.04. The summed E-state index contributed by atoms with van der Waals surface area (Å²) in [6.45, 7) is 5.10. The van der Waals surface area contributed by atoms with Crippen LogP contribution in [-0.4, -0.2) is 16.0 Å². The molecule has 0 atom stereocenters. The first-order valence-corrected chi connectivity index (χ1v) is 6.64. The predicted molar refractivity (Wildman–Crippen MR) is 65.2 cm³/mol. The molecule has 0 radical (unpaired) electrons. The van der Waals surface area contributed by atoms with Crippen LogP contribution in [0.4, 0.5) is 0 Å². The molecule has 0 aromatic carbocycles. The van der Waals surface area contributed by atoms with E-state index in [-0.39, 0.29) is 0 Å². The molecule has 2 aromatic rings. The summed E-state index contributed by atoms with van der Waals surface area (Å²) in [5.41, 5.74) is 3.92. The Morgan fingerprint density at radius 1 is 1.40 bits per heavy atom. The van der Waals surface area contributed by atoms with E-state index >= 15 is 0 Å². The van der Waals surface area contributed by atoms with Crippen molar-refractivity contribution < 1.29 is 0 Å². The molecule has 0 fully saturated rings. The maximum atomic E-state index is 4.52. The molecule has 0 spiro atoms.